The van der Waals surface area contributed by atoms with Crippen LogP contribution in [0.2, 0.25) is 0 Å². The molecule has 0 radical (unpaired) electrons. The van der Waals surface area contributed by atoms with Crippen LogP contribution in [0.4, 0.5) is 5.69 Å². The summed E-state index contributed by atoms with van der Waals surface area (Å²) in [7, 11) is 1.58. The number of benzene rings is 2. The summed E-state index contributed by atoms with van der Waals surface area (Å²) in [4.78, 5) is 11.9. The summed E-state index contributed by atoms with van der Waals surface area (Å²) >= 11 is 0. The monoisotopic (exact) mass is 309 g/mol. The summed E-state index contributed by atoms with van der Waals surface area (Å²) in [5.74, 6) is 1.05. The van der Waals surface area contributed by atoms with Crippen LogP contribution in [0.3, 0.4) is 0 Å². The van der Waals surface area contributed by atoms with E-state index in [0.717, 1.165) is 11.3 Å². The number of methoxy groups -OCH3 is 1. The minimum Gasteiger partial charge on any atom is -0.493 e. The van der Waals surface area contributed by atoms with Crippen molar-refractivity contribution in [1.82, 2.24) is 0 Å². The SMILES string of the molecule is C=CCOc1ccc(/C=C/C(=O)Nc2ccccc2)cc1OC. The Labute approximate surface area is 136 Å². The molecular formula is C19H19NO3. The minimum absolute atomic E-state index is 0.192. The van der Waals surface area contributed by atoms with Gasteiger partial charge in [-0.1, -0.05) is 36.9 Å². The average molecular weight is 309 g/mol. The molecule has 1 N–H and O–H groups in total. The molecule has 2 rings (SSSR count). The molecule has 0 aliphatic rings. The first-order valence-corrected chi connectivity index (χ1v) is 7.19. The molecule has 23 heavy (non-hydrogen) atoms. The van der Waals surface area contributed by atoms with Crippen molar-refractivity contribution in [1.29, 1.82) is 0 Å². The standard InChI is InChI=1S/C19H19NO3/c1-3-13-23-17-11-9-15(14-18(17)22-2)10-12-19(21)20-16-7-5-4-6-8-16/h3-12,14H,1,13H2,2H3,(H,20,21)/b12-10+. The molecule has 2 aromatic rings. The molecule has 0 saturated heterocycles. The molecule has 0 bridgehead atoms. The number of anilines is 1. The van der Waals surface area contributed by atoms with E-state index in [1.165, 1.54) is 6.08 Å². The van der Waals surface area contributed by atoms with Crippen molar-refractivity contribution >= 4 is 17.7 Å². The number of hydrogen-bond acceptors (Lipinski definition) is 3. The van der Waals surface area contributed by atoms with E-state index in [2.05, 4.69) is 11.9 Å². The number of ether oxygens (including phenoxy) is 2. The number of hydrogen-bond donors (Lipinski definition) is 1. The van der Waals surface area contributed by atoms with Gasteiger partial charge in [0.1, 0.15) is 6.61 Å². The Bertz CT molecular complexity index is 693. The van der Waals surface area contributed by atoms with E-state index in [0.29, 0.717) is 18.1 Å². The second-order valence-electron chi connectivity index (χ2n) is 4.70. The molecule has 0 aromatic heterocycles. The molecule has 0 heterocycles. The Kier molecular flexibility index (Phi) is 6.00. The van der Waals surface area contributed by atoms with Gasteiger partial charge in [0, 0.05) is 11.8 Å². The molecule has 0 unspecified atom stereocenters. The normalized spacial score (nSPS) is 10.3. The molecule has 0 atom stereocenters. The van der Waals surface area contributed by atoms with Crippen LogP contribution < -0.4 is 14.8 Å². The molecule has 0 fully saturated rings. The Hall–Kier alpha value is -3.01. The Morgan fingerprint density at radius 1 is 1.17 bits per heavy atom. The quantitative estimate of drug-likeness (QED) is 0.623. The molecule has 0 aliphatic heterocycles. The highest BCUT2D eigenvalue weighted by Gasteiger charge is 2.04. The number of para-hydroxylation sites is 1. The van der Waals surface area contributed by atoms with Gasteiger partial charge in [0.05, 0.1) is 7.11 Å². The highest BCUT2D eigenvalue weighted by Crippen LogP contribution is 2.28. The predicted molar refractivity (Wildman–Crippen MR) is 92.8 cm³/mol. The van der Waals surface area contributed by atoms with Crippen molar-refractivity contribution in [2.24, 2.45) is 0 Å². The molecule has 0 spiro atoms. The van der Waals surface area contributed by atoms with E-state index in [1.807, 2.05) is 42.5 Å². The van der Waals surface area contributed by atoms with Crippen molar-refractivity contribution in [2.75, 3.05) is 19.0 Å². The van der Waals surface area contributed by atoms with Gasteiger partial charge in [0.2, 0.25) is 5.91 Å². The van der Waals surface area contributed by atoms with Gasteiger partial charge >= 0.3 is 0 Å². The van der Waals surface area contributed by atoms with Gasteiger partial charge in [0.25, 0.3) is 0 Å². The minimum atomic E-state index is -0.192. The van der Waals surface area contributed by atoms with Gasteiger partial charge in [-0.2, -0.15) is 0 Å². The second-order valence-corrected chi connectivity index (χ2v) is 4.70. The van der Waals surface area contributed by atoms with Gasteiger partial charge in [-0.15, -0.1) is 0 Å². The first kappa shape index (κ1) is 16.4. The Morgan fingerprint density at radius 2 is 1.96 bits per heavy atom. The summed E-state index contributed by atoms with van der Waals surface area (Å²) in [6.45, 7) is 4.02. The molecule has 1 amide bonds. The van der Waals surface area contributed by atoms with Gasteiger partial charge in [-0.25, -0.2) is 0 Å². The fourth-order valence-electron chi connectivity index (χ4n) is 1.93. The van der Waals surface area contributed by atoms with E-state index in [9.17, 15) is 4.79 Å². The first-order chi connectivity index (χ1) is 11.2. The largest absolute Gasteiger partial charge is 0.493 e. The molecule has 0 saturated carbocycles. The summed E-state index contributed by atoms with van der Waals surface area (Å²) in [6.07, 6.45) is 4.87. The van der Waals surface area contributed by atoms with Crippen LogP contribution in [0.15, 0.2) is 67.3 Å². The van der Waals surface area contributed by atoms with Crippen LogP contribution in [0.25, 0.3) is 6.08 Å². The van der Waals surface area contributed by atoms with Gasteiger partial charge in [-0.3, -0.25) is 4.79 Å². The predicted octanol–water partition coefficient (Wildman–Crippen LogP) is 3.91. The van der Waals surface area contributed by atoms with Crippen LogP contribution in [0, 0.1) is 0 Å². The lowest BCUT2D eigenvalue weighted by atomic mass is 10.2. The summed E-state index contributed by atoms with van der Waals surface area (Å²) in [5, 5.41) is 2.79. The Morgan fingerprint density at radius 3 is 2.65 bits per heavy atom. The Balaban J connectivity index is 2.04. The average Bonchev–Trinajstić information content (AvgIpc) is 2.59. The number of amides is 1. The lowest BCUT2D eigenvalue weighted by molar-refractivity contribution is -0.111. The van der Waals surface area contributed by atoms with Crippen LogP contribution >= 0.6 is 0 Å². The highest BCUT2D eigenvalue weighted by molar-refractivity contribution is 6.01. The topological polar surface area (TPSA) is 47.6 Å². The van der Waals surface area contributed by atoms with Crippen LogP contribution in [0.5, 0.6) is 11.5 Å². The van der Waals surface area contributed by atoms with Gasteiger partial charge in [0.15, 0.2) is 11.5 Å². The molecule has 4 heteroatoms. The van der Waals surface area contributed by atoms with Crippen LogP contribution in [-0.2, 0) is 4.79 Å². The molecular weight excluding hydrogens is 290 g/mol. The maximum Gasteiger partial charge on any atom is 0.248 e. The number of nitrogens with one attached hydrogen (secondary N) is 1. The zero-order chi connectivity index (χ0) is 16.5. The third-order valence-electron chi connectivity index (χ3n) is 3.01. The van der Waals surface area contributed by atoms with E-state index >= 15 is 0 Å². The van der Waals surface area contributed by atoms with Crippen molar-refractivity contribution < 1.29 is 14.3 Å². The smallest absolute Gasteiger partial charge is 0.248 e. The van der Waals surface area contributed by atoms with Crippen LogP contribution in [-0.4, -0.2) is 19.6 Å². The fourth-order valence-corrected chi connectivity index (χ4v) is 1.93. The maximum atomic E-state index is 11.9. The third-order valence-corrected chi connectivity index (χ3v) is 3.01. The number of carbonyl (C=O) groups excluding carboxylic acids is 1. The molecule has 4 nitrogen and oxygen atoms in total. The summed E-state index contributed by atoms with van der Waals surface area (Å²) < 4.78 is 10.8. The van der Waals surface area contributed by atoms with E-state index in [4.69, 9.17) is 9.47 Å². The van der Waals surface area contributed by atoms with Crippen molar-refractivity contribution in [3.8, 4) is 11.5 Å². The van der Waals surface area contributed by atoms with Gasteiger partial charge < -0.3 is 14.8 Å². The van der Waals surface area contributed by atoms with E-state index in [-0.39, 0.29) is 5.91 Å². The number of rotatable bonds is 7. The van der Waals surface area contributed by atoms with E-state index < -0.39 is 0 Å². The van der Waals surface area contributed by atoms with Crippen molar-refractivity contribution in [2.45, 2.75) is 0 Å². The summed E-state index contributed by atoms with van der Waals surface area (Å²) in [5.41, 5.74) is 1.60. The maximum absolute atomic E-state index is 11.9. The van der Waals surface area contributed by atoms with Crippen LogP contribution in [0.1, 0.15) is 5.56 Å². The summed E-state index contributed by atoms with van der Waals surface area (Å²) in [6, 6.07) is 14.8. The van der Waals surface area contributed by atoms with Crippen molar-refractivity contribution in [3.05, 3.63) is 72.8 Å². The molecule has 0 aliphatic carbocycles. The lowest BCUT2D eigenvalue weighted by Crippen LogP contribution is -2.07. The lowest BCUT2D eigenvalue weighted by Gasteiger charge is -2.09. The molecule has 118 valence electrons. The van der Waals surface area contributed by atoms with Gasteiger partial charge in [-0.05, 0) is 35.9 Å². The van der Waals surface area contributed by atoms with E-state index in [1.54, 1.807) is 25.3 Å². The zero-order valence-corrected chi connectivity index (χ0v) is 13.0. The van der Waals surface area contributed by atoms with Crippen molar-refractivity contribution in [3.63, 3.8) is 0 Å². The third kappa shape index (κ3) is 5.04. The number of carbonyl (C=O) groups is 1. The zero-order valence-electron chi connectivity index (χ0n) is 13.0. The molecule has 2 aromatic carbocycles. The fraction of sp³-hybridized carbons (Fsp3) is 0.105. The first-order valence-electron chi connectivity index (χ1n) is 7.19. The highest BCUT2D eigenvalue weighted by atomic mass is 16.5. The second kappa shape index (κ2) is 8.44.